The third kappa shape index (κ3) is 1.44. The zero-order valence-electron chi connectivity index (χ0n) is 8.73. The Bertz CT molecular complexity index is 661. The normalized spacial score (nSPS) is 11.1. The SMILES string of the molecule is ClCc1cccc2c[n+]3ccccc3cc12. The van der Waals surface area contributed by atoms with Gasteiger partial charge in [-0.2, -0.15) is 4.40 Å². The Morgan fingerprint density at radius 3 is 2.88 bits per heavy atom. The van der Waals surface area contributed by atoms with E-state index in [1.54, 1.807) is 0 Å². The largest absolute Gasteiger partial charge is 0.211 e. The van der Waals surface area contributed by atoms with Gasteiger partial charge in [-0.1, -0.05) is 12.1 Å². The van der Waals surface area contributed by atoms with Gasteiger partial charge in [-0.15, -0.1) is 11.6 Å². The maximum atomic E-state index is 5.95. The Labute approximate surface area is 98.9 Å². The molecule has 3 aromatic rings. The Kier molecular flexibility index (Phi) is 2.26. The van der Waals surface area contributed by atoms with Gasteiger partial charge in [-0.25, -0.2) is 0 Å². The highest BCUT2D eigenvalue weighted by Crippen LogP contribution is 2.20. The molecule has 0 aliphatic rings. The lowest BCUT2D eigenvalue weighted by Gasteiger charge is -2.01. The Hall–Kier alpha value is -1.60. The van der Waals surface area contributed by atoms with Crippen molar-refractivity contribution in [2.75, 3.05) is 0 Å². The molecule has 78 valence electrons. The molecule has 0 spiro atoms. The van der Waals surface area contributed by atoms with Crippen molar-refractivity contribution >= 4 is 27.9 Å². The van der Waals surface area contributed by atoms with Crippen LogP contribution in [0.5, 0.6) is 0 Å². The van der Waals surface area contributed by atoms with Crippen molar-refractivity contribution in [1.29, 1.82) is 0 Å². The van der Waals surface area contributed by atoms with E-state index in [0.29, 0.717) is 5.88 Å². The van der Waals surface area contributed by atoms with Crippen LogP contribution in [0.3, 0.4) is 0 Å². The van der Waals surface area contributed by atoms with Crippen molar-refractivity contribution in [3.05, 3.63) is 60.4 Å². The average molecular weight is 229 g/mol. The molecule has 0 N–H and O–H groups in total. The predicted octanol–water partition coefficient (Wildman–Crippen LogP) is 3.32. The van der Waals surface area contributed by atoms with E-state index < -0.39 is 0 Å². The molecule has 0 saturated carbocycles. The van der Waals surface area contributed by atoms with E-state index in [1.807, 2.05) is 12.1 Å². The summed E-state index contributed by atoms with van der Waals surface area (Å²) >= 11 is 5.95. The minimum absolute atomic E-state index is 0.556. The summed E-state index contributed by atoms with van der Waals surface area (Å²) < 4.78 is 2.13. The molecule has 0 saturated heterocycles. The summed E-state index contributed by atoms with van der Waals surface area (Å²) in [6.45, 7) is 0. The van der Waals surface area contributed by atoms with Gasteiger partial charge < -0.3 is 0 Å². The first kappa shape index (κ1) is 9.61. The Balaban J connectivity index is 2.46. The van der Waals surface area contributed by atoms with Gasteiger partial charge in [0.25, 0.3) is 0 Å². The standard InChI is InChI=1S/C14H11ClN/c15-9-11-4-3-5-12-10-16-7-2-1-6-13(16)8-14(11)12/h1-8,10H,9H2/q+1. The fourth-order valence-corrected chi connectivity index (χ4v) is 2.28. The molecule has 0 fully saturated rings. The number of pyridine rings is 2. The lowest BCUT2D eigenvalue weighted by molar-refractivity contribution is -0.510. The van der Waals surface area contributed by atoms with E-state index in [-0.39, 0.29) is 0 Å². The smallest absolute Gasteiger partial charge is 0.167 e. The summed E-state index contributed by atoms with van der Waals surface area (Å²) in [4.78, 5) is 0. The molecule has 16 heavy (non-hydrogen) atoms. The third-order valence-corrected chi connectivity index (χ3v) is 3.16. The van der Waals surface area contributed by atoms with Crippen LogP contribution in [0.4, 0.5) is 0 Å². The first-order valence-corrected chi connectivity index (χ1v) is 5.79. The number of alkyl halides is 1. The summed E-state index contributed by atoms with van der Waals surface area (Å²) in [7, 11) is 0. The van der Waals surface area contributed by atoms with Crippen molar-refractivity contribution in [2.45, 2.75) is 5.88 Å². The highest BCUT2D eigenvalue weighted by Gasteiger charge is 2.06. The first-order chi connectivity index (χ1) is 7.88. The number of hydrogen-bond acceptors (Lipinski definition) is 0. The molecule has 0 unspecified atom stereocenters. The lowest BCUT2D eigenvalue weighted by Crippen LogP contribution is -2.19. The van der Waals surface area contributed by atoms with Gasteiger partial charge in [-0.3, -0.25) is 0 Å². The molecule has 0 radical (unpaired) electrons. The lowest BCUT2D eigenvalue weighted by atomic mass is 10.1. The minimum Gasteiger partial charge on any atom is -0.167 e. The van der Waals surface area contributed by atoms with E-state index in [0.717, 1.165) is 0 Å². The van der Waals surface area contributed by atoms with Gasteiger partial charge in [0, 0.05) is 29.5 Å². The second-order valence-corrected chi connectivity index (χ2v) is 4.13. The number of hydrogen-bond donors (Lipinski definition) is 0. The summed E-state index contributed by atoms with van der Waals surface area (Å²) in [6, 6.07) is 14.6. The fraction of sp³-hybridized carbons (Fsp3) is 0.0714. The topological polar surface area (TPSA) is 4.10 Å². The van der Waals surface area contributed by atoms with E-state index in [4.69, 9.17) is 11.6 Å². The fourth-order valence-electron chi connectivity index (χ4n) is 2.04. The van der Waals surface area contributed by atoms with Crippen molar-refractivity contribution in [2.24, 2.45) is 0 Å². The Morgan fingerprint density at radius 2 is 2.00 bits per heavy atom. The predicted molar refractivity (Wildman–Crippen MR) is 66.7 cm³/mol. The van der Waals surface area contributed by atoms with E-state index in [1.165, 1.54) is 21.9 Å². The van der Waals surface area contributed by atoms with E-state index >= 15 is 0 Å². The van der Waals surface area contributed by atoms with Crippen LogP contribution in [0.1, 0.15) is 5.56 Å². The summed E-state index contributed by atoms with van der Waals surface area (Å²) in [5, 5.41) is 2.46. The van der Waals surface area contributed by atoms with Crippen LogP contribution in [0.25, 0.3) is 16.3 Å². The van der Waals surface area contributed by atoms with Gasteiger partial charge in [0.05, 0.1) is 0 Å². The monoisotopic (exact) mass is 228 g/mol. The first-order valence-electron chi connectivity index (χ1n) is 5.26. The molecule has 1 nitrogen and oxygen atoms in total. The second-order valence-electron chi connectivity index (χ2n) is 3.86. The third-order valence-electron chi connectivity index (χ3n) is 2.87. The molecule has 2 heteroatoms. The molecule has 2 heterocycles. The van der Waals surface area contributed by atoms with Gasteiger partial charge in [0.15, 0.2) is 12.4 Å². The second kappa shape index (κ2) is 3.76. The Morgan fingerprint density at radius 1 is 1.06 bits per heavy atom. The average Bonchev–Trinajstić information content (AvgIpc) is 2.35. The number of halogens is 1. The summed E-state index contributed by atoms with van der Waals surface area (Å²) in [5.74, 6) is 0.556. The number of benzene rings is 1. The zero-order chi connectivity index (χ0) is 11.0. The van der Waals surface area contributed by atoms with Gasteiger partial charge >= 0.3 is 0 Å². The number of fused-ring (bicyclic) bond motifs is 2. The molecule has 0 amide bonds. The van der Waals surface area contributed by atoms with Crippen LogP contribution in [0.15, 0.2) is 54.9 Å². The van der Waals surface area contributed by atoms with E-state index in [2.05, 4.69) is 47.1 Å². The highest BCUT2D eigenvalue weighted by atomic mass is 35.5. The molecular weight excluding hydrogens is 218 g/mol. The van der Waals surface area contributed by atoms with Crippen molar-refractivity contribution in [3.63, 3.8) is 0 Å². The van der Waals surface area contributed by atoms with Crippen LogP contribution in [-0.2, 0) is 5.88 Å². The maximum Gasteiger partial charge on any atom is 0.211 e. The van der Waals surface area contributed by atoms with E-state index in [9.17, 15) is 0 Å². The summed E-state index contributed by atoms with van der Waals surface area (Å²) in [5.41, 5.74) is 2.37. The van der Waals surface area contributed by atoms with Crippen LogP contribution in [-0.4, -0.2) is 0 Å². The molecule has 3 rings (SSSR count). The van der Waals surface area contributed by atoms with Crippen molar-refractivity contribution < 1.29 is 4.40 Å². The quantitative estimate of drug-likeness (QED) is 0.342. The van der Waals surface area contributed by atoms with Gasteiger partial charge in [-0.05, 0) is 23.1 Å². The van der Waals surface area contributed by atoms with Gasteiger partial charge in [0.1, 0.15) is 0 Å². The molecule has 0 aliphatic carbocycles. The molecule has 1 aromatic carbocycles. The van der Waals surface area contributed by atoms with Crippen LogP contribution < -0.4 is 4.40 Å². The molecular formula is C14H11ClN+. The molecule has 0 atom stereocenters. The minimum atomic E-state index is 0.556. The molecule has 2 aromatic heterocycles. The maximum absolute atomic E-state index is 5.95. The van der Waals surface area contributed by atoms with Crippen LogP contribution in [0.2, 0.25) is 0 Å². The summed E-state index contributed by atoms with van der Waals surface area (Å²) in [6.07, 6.45) is 4.20. The van der Waals surface area contributed by atoms with Crippen LogP contribution in [0, 0.1) is 0 Å². The highest BCUT2D eigenvalue weighted by molar-refractivity contribution is 6.18. The number of aromatic nitrogens is 1. The number of rotatable bonds is 1. The van der Waals surface area contributed by atoms with Crippen molar-refractivity contribution in [1.82, 2.24) is 0 Å². The molecule has 0 aliphatic heterocycles. The van der Waals surface area contributed by atoms with Crippen LogP contribution >= 0.6 is 11.6 Å². The van der Waals surface area contributed by atoms with Crippen molar-refractivity contribution in [3.8, 4) is 0 Å². The molecule has 0 bridgehead atoms. The number of nitrogens with zero attached hydrogens (tertiary/aromatic N) is 1. The van der Waals surface area contributed by atoms with Gasteiger partial charge in [0.2, 0.25) is 5.52 Å². The zero-order valence-corrected chi connectivity index (χ0v) is 9.48.